The Labute approximate surface area is 119 Å². The summed E-state index contributed by atoms with van der Waals surface area (Å²) >= 11 is 0. The molecule has 5 heteroatoms. The van der Waals surface area contributed by atoms with Crippen molar-refractivity contribution in [3.8, 4) is 0 Å². The van der Waals surface area contributed by atoms with E-state index in [2.05, 4.69) is 10.6 Å². The van der Waals surface area contributed by atoms with Gasteiger partial charge in [0, 0.05) is 6.42 Å². The van der Waals surface area contributed by atoms with E-state index in [1.807, 2.05) is 6.92 Å². The quantitative estimate of drug-likeness (QED) is 0.894. The minimum atomic E-state index is -0.370. The van der Waals surface area contributed by atoms with Crippen LogP contribution >= 0.6 is 12.4 Å². The standard InChI is InChI=1S/C14H19FN2O.ClH/c1-10-2-4-13(12(15)8-10)17-14(18)5-3-11-6-7-16-9-11;/h2,4,8,11,16H,3,5-7,9H2,1H3,(H,17,18);1H. The molecule has 2 N–H and O–H groups in total. The minimum absolute atomic E-state index is 0. The summed E-state index contributed by atoms with van der Waals surface area (Å²) in [5.41, 5.74) is 1.12. The first kappa shape index (κ1) is 15.9. The van der Waals surface area contributed by atoms with Gasteiger partial charge in [0.2, 0.25) is 5.91 Å². The van der Waals surface area contributed by atoms with Gasteiger partial charge in [-0.3, -0.25) is 4.79 Å². The van der Waals surface area contributed by atoms with Crippen LogP contribution < -0.4 is 10.6 Å². The fraction of sp³-hybridized carbons (Fsp3) is 0.500. The third-order valence-corrected chi connectivity index (χ3v) is 3.34. The van der Waals surface area contributed by atoms with Gasteiger partial charge >= 0.3 is 0 Å². The van der Waals surface area contributed by atoms with Gasteiger partial charge in [0.1, 0.15) is 5.82 Å². The van der Waals surface area contributed by atoms with Crippen LogP contribution in [0.5, 0.6) is 0 Å². The molecule has 1 aliphatic rings. The zero-order valence-corrected chi connectivity index (χ0v) is 11.9. The van der Waals surface area contributed by atoms with Crippen LogP contribution in [0.15, 0.2) is 18.2 Å². The second kappa shape index (κ2) is 7.46. The van der Waals surface area contributed by atoms with Crippen LogP contribution in [0.1, 0.15) is 24.8 Å². The Kier molecular flexibility index (Phi) is 6.25. The van der Waals surface area contributed by atoms with Gasteiger partial charge in [0.05, 0.1) is 5.69 Å². The molecule has 1 amide bonds. The maximum absolute atomic E-state index is 13.5. The van der Waals surface area contributed by atoms with Crippen molar-refractivity contribution in [1.29, 1.82) is 0 Å². The molecule has 106 valence electrons. The number of carbonyl (C=O) groups excluding carboxylic acids is 1. The smallest absolute Gasteiger partial charge is 0.224 e. The normalized spacial score (nSPS) is 17.9. The first-order valence-electron chi connectivity index (χ1n) is 6.42. The van der Waals surface area contributed by atoms with Crippen molar-refractivity contribution in [1.82, 2.24) is 5.32 Å². The van der Waals surface area contributed by atoms with Gasteiger partial charge in [-0.2, -0.15) is 0 Å². The molecule has 0 aliphatic carbocycles. The largest absolute Gasteiger partial charge is 0.324 e. The Morgan fingerprint density at radius 1 is 1.53 bits per heavy atom. The van der Waals surface area contributed by atoms with E-state index >= 15 is 0 Å². The van der Waals surface area contributed by atoms with Gasteiger partial charge in [-0.05, 0) is 56.5 Å². The van der Waals surface area contributed by atoms with Crippen molar-refractivity contribution in [3.05, 3.63) is 29.6 Å². The highest BCUT2D eigenvalue weighted by molar-refractivity contribution is 5.90. The van der Waals surface area contributed by atoms with Crippen molar-refractivity contribution in [2.45, 2.75) is 26.2 Å². The van der Waals surface area contributed by atoms with Crippen LogP contribution in [-0.4, -0.2) is 19.0 Å². The van der Waals surface area contributed by atoms with E-state index < -0.39 is 0 Å². The summed E-state index contributed by atoms with van der Waals surface area (Å²) in [6, 6.07) is 4.83. The number of hydrogen-bond acceptors (Lipinski definition) is 2. The fourth-order valence-electron chi connectivity index (χ4n) is 2.23. The Morgan fingerprint density at radius 2 is 2.32 bits per heavy atom. The number of halogens is 2. The fourth-order valence-corrected chi connectivity index (χ4v) is 2.23. The van der Waals surface area contributed by atoms with E-state index in [9.17, 15) is 9.18 Å². The molecule has 0 aromatic heterocycles. The second-order valence-corrected chi connectivity index (χ2v) is 4.93. The summed E-state index contributed by atoms with van der Waals surface area (Å²) in [4.78, 5) is 11.7. The third-order valence-electron chi connectivity index (χ3n) is 3.34. The number of aryl methyl sites for hydroxylation is 1. The molecule has 1 heterocycles. The molecule has 3 nitrogen and oxygen atoms in total. The maximum atomic E-state index is 13.5. The summed E-state index contributed by atoms with van der Waals surface area (Å²) in [6.45, 7) is 3.85. The Balaban J connectivity index is 0.00000180. The number of hydrogen-bond donors (Lipinski definition) is 2. The molecule has 0 radical (unpaired) electrons. The molecule has 0 saturated carbocycles. The number of carbonyl (C=O) groups is 1. The lowest BCUT2D eigenvalue weighted by Crippen LogP contribution is -2.15. The molecular formula is C14H20ClFN2O. The molecule has 2 rings (SSSR count). The molecular weight excluding hydrogens is 267 g/mol. The molecule has 1 aromatic carbocycles. The molecule has 0 bridgehead atoms. The summed E-state index contributed by atoms with van der Waals surface area (Å²) in [5, 5.41) is 5.90. The average molecular weight is 287 g/mol. The molecule has 1 aliphatic heterocycles. The van der Waals surface area contributed by atoms with Crippen LogP contribution in [0.3, 0.4) is 0 Å². The molecule has 1 aromatic rings. The minimum Gasteiger partial charge on any atom is -0.324 e. The Bertz CT molecular complexity index is 433. The zero-order chi connectivity index (χ0) is 13.0. The summed E-state index contributed by atoms with van der Waals surface area (Å²) in [5.74, 6) is 0.106. The number of amides is 1. The SMILES string of the molecule is Cc1ccc(NC(=O)CCC2CCNC2)c(F)c1.Cl. The molecule has 1 saturated heterocycles. The zero-order valence-electron chi connectivity index (χ0n) is 11.0. The van der Waals surface area contributed by atoms with Gasteiger partial charge in [0.15, 0.2) is 0 Å². The van der Waals surface area contributed by atoms with E-state index in [1.165, 1.54) is 6.07 Å². The molecule has 1 atom stereocenters. The summed E-state index contributed by atoms with van der Waals surface area (Å²) in [7, 11) is 0. The van der Waals surface area contributed by atoms with Crippen LogP contribution in [0.25, 0.3) is 0 Å². The van der Waals surface area contributed by atoms with E-state index in [1.54, 1.807) is 12.1 Å². The van der Waals surface area contributed by atoms with Crippen molar-refractivity contribution >= 4 is 24.0 Å². The van der Waals surface area contributed by atoms with Gasteiger partial charge in [-0.25, -0.2) is 4.39 Å². The predicted octanol–water partition coefficient (Wildman–Crippen LogP) is 2.88. The number of benzene rings is 1. The van der Waals surface area contributed by atoms with Crippen molar-refractivity contribution in [3.63, 3.8) is 0 Å². The lowest BCUT2D eigenvalue weighted by Gasteiger charge is -2.09. The lowest BCUT2D eigenvalue weighted by molar-refractivity contribution is -0.116. The monoisotopic (exact) mass is 286 g/mol. The van der Waals surface area contributed by atoms with E-state index in [0.29, 0.717) is 12.3 Å². The number of anilines is 1. The van der Waals surface area contributed by atoms with Crippen molar-refractivity contribution in [2.24, 2.45) is 5.92 Å². The first-order valence-corrected chi connectivity index (χ1v) is 6.42. The average Bonchev–Trinajstić information content (AvgIpc) is 2.83. The molecule has 19 heavy (non-hydrogen) atoms. The van der Waals surface area contributed by atoms with Gasteiger partial charge in [-0.15, -0.1) is 12.4 Å². The summed E-state index contributed by atoms with van der Waals surface area (Å²) < 4.78 is 13.5. The predicted molar refractivity (Wildman–Crippen MR) is 77.2 cm³/mol. The maximum Gasteiger partial charge on any atom is 0.224 e. The van der Waals surface area contributed by atoms with E-state index in [-0.39, 0.29) is 29.8 Å². The van der Waals surface area contributed by atoms with Crippen molar-refractivity contribution < 1.29 is 9.18 Å². The highest BCUT2D eigenvalue weighted by atomic mass is 35.5. The molecule has 0 spiro atoms. The van der Waals surface area contributed by atoms with Crippen LogP contribution in [0.4, 0.5) is 10.1 Å². The van der Waals surface area contributed by atoms with Gasteiger partial charge in [-0.1, -0.05) is 6.07 Å². The van der Waals surface area contributed by atoms with E-state index in [4.69, 9.17) is 0 Å². The van der Waals surface area contributed by atoms with Gasteiger partial charge in [0.25, 0.3) is 0 Å². The molecule has 1 fully saturated rings. The molecule has 1 unspecified atom stereocenters. The van der Waals surface area contributed by atoms with Crippen molar-refractivity contribution in [2.75, 3.05) is 18.4 Å². The number of rotatable bonds is 4. The van der Waals surface area contributed by atoms with E-state index in [0.717, 1.165) is 31.5 Å². The Morgan fingerprint density at radius 3 is 2.95 bits per heavy atom. The van der Waals surface area contributed by atoms with Crippen LogP contribution in [0.2, 0.25) is 0 Å². The highest BCUT2D eigenvalue weighted by Gasteiger charge is 2.16. The highest BCUT2D eigenvalue weighted by Crippen LogP contribution is 2.18. The Hall–Kier alpha value is -1.13. The summed E-state index contributed by atoms with van der Waals surface area (Å²) in [6.07, 6.45) is 2.46. The van der Waals surface area contributed by atoms with Gasteiger partial charge < -0.3 is 10.6 Å². The lowest BCUT2D eigenvalue weighted by atomic mass is 10.0. The van der Waals surface area contributed by atoms with Crippen LogP contribution in [-0.2, 0) is 4.79 Å². The third kappa shape index (κ3) is 4.80. The first-order chi connectivity index (χ1) is 8.65. The topological polar surface area (TPSA) is 41.1 Å². The van der Waals surface area contributed by atoms with Crippen LogP contribution in [0, 0.1) is 18.7 Å². The number of nitrogens with one attached hydrogen (secondary N) is 2. The second-order valence-electron chi connectivity index (χ2n) is 4.93.